The van der Waals surface area contributed by atoms with Crippen molar-refractivity contribution >= 4 is 40.1 Å². The van der Waals surface area contributed by atoms with Gasteiger partial charge in [-0.1, -0.05) is 11.6 Å². The summed E-state index contributed by atoms with van der Waals surface area (Å²) in [5.74, 6) is 0.652. The highest BCUT2D eigenvalue weighted by molar-refractivity contribution is 6.35. The largest absolute Gasteiger partial charge is 0.383 e. The minimum absolute atomic E-state index is 0.283. The van der Waals surface area contributed by atoms with Gasteiger partial charge in [-0.25, -0.2) is 0 Å². The minimum Gasteiger partial charge on any atom is -0.383 e. The van der Waals surface area contributed by atoms with Crippen LogP contribution in [0.1, 0.15) is 18.9 Å². The zero-order valence-corrected chi connectivity index (χ0v) is 11.1. The van der Waals surface area contributed by atoms with Gasteiger partial charge in [0.2, 0.25) is 5.95 Å². The first kappa shape index (κ1) is 11.5. The number of nitrogens with zero attached hydrogens (tertiary/aromatic N) is 5. The fraction of sp³-hybridized carbons (Fsp3) is 0.273. The average Bonchev–Trinajstić information content (AvgIpc) is 3.05. The SMILES string of the molecule is Nc1nc(Nc2cnn(C3CC3)c2)nc2n[nH]c(Cl)c12. The third kappa shape index (κ3) is 1.85. The van der Waals surface area contributed by atoms with Crippen LogP contribution >= 0.6 is 11.6 Å². The zero-order chi connectivity index (χ0) is 13.7. The molecule has 0 amide bonds. The van der Waals surface area contributed by atoms with E-state index in [9.17, 15) is 0 Å². The van der Waals surface area contributed by atoms with Crippen LogP contribution in [0.25, 0.3) is 11.0 Å². The topological polar surface area (TPSA) is 110 Å². The van der Waals surface area contributed by atoms with E-state index in [1.54, 1.807) is 6.20 Å². The summed E-state index contributed by atoms with van der Waals surface area (Å²) in [7, 11) is 0. The highest BCUT2D eigenvalue weighted by Gasteiger charge is 2.24. The Labute approximate surface area is 118 Å². The lowest BCUT2D eigenvalue weighted by atomic mass is 10.4. The molecule has 1 saturated carbocycles. The normalized spacial score (nSPS) is 14.8. The van der Waals surface area contributed by atoms with E-state index in [1.165, 1.54) is 12.8 Å². The van der Waals surface area contributed by atoms with E-state index in [0.29, 0.717) is 28.2 Å². The molecule has 0 saturated heterocycles. The molecule has 0 atom stereocenters. The number of nitrogen functional groups attached to an aromatic ring is 1. The first-order valence-electron chi connectivity index (χ1n) is 6.19. The van der Waals surface area contributed by atoms with E-state index >= 15 is 0 Å². The minimum atomic E-state index is 0.283. The fourth-order valence-electron chi connectivity index (χ4n) is 2.04. The van der Waals surface area contributed by atoms with Gasteiger partial charge in [-0.15, -0.1) is 0 Å². The summed E-state index contributed by atoms with van der Waals surface area (Å²) >= 11 is 5.92. The van der Waals surface area contributed by atoms with Crippen molar-refractivity contribution in [3.8, 4) is 0 Å². The van der Waals surface area contributed by atoms with Crippen molar-refractivity contribution in [1.82, 2.24) is 29.9 Å². The van der Waals surface area contributed by atoms with E-state index in [0.717, 1.165) is 5.69 Å². The number of aromatic nitrogens is 6. The number of fused-ring (bicyclic) bond motifs is 1. The van der Waals surface area contributed by atoms with E-state index in [4.69, 9.17) is 17.3 Å². The smallest absolute Gasteiger partial charge is 0.231 e. The first-order chi connectivity index (χ1) is 9.70. The second-order valence-electron chi connectivity index (χ2n) is 4.73. The molecule has 4 rings (SSSR count). The quantitative estimate of drug-likeness (QED) is 0.679. The molecule has 0 unspecified atom stereocenters. The van der Waals surface area contributed by atoms with E-state index in [1.807, 2.05) is 10.9 Å². The van der Waals surface area contributed by atoms with E-state index < -0.39 is 0 Å². The molecule has 8 nitrogen and oxygen atoms in total. The maximum atomic E-state index is 5.92. The molecule has 9 heteroatoms. The molecule has 1 aliphatic rings. The lowest BCUT2D eigenvalue weighted by Crippen LogP contribution is -2.00. The molecule has 0 aliphatic heterocycles. The summed E-state index contributed by atoms with van der Waals surface area (Å²) in [5, 5.41) is 14.8. The number of hydrogen-bond acceptors (Lipinski definition) is 6. The maximum absolute atomic E-state index is 5.92. The van der Waals surface area contributed by atoms with Crippen LogP contribution in [0.15, 0.2) is 12.4 Å². The van der Waals surface area contributed by atoms with Crippen LogP contribution in [0, 0.1) is 0 Å². The number of rotatable bonds is 3. The highest BCUT2D eigenvalue weighted by Crippen LogP contribution is 2.34. The van der Waals surface area contributed by atoms with Gasteiger partial charge in [0.05, 0.1) is 17.9 Å². The fourth-order valence-corrected chi connectivity index (χ4v) is 2.27. The number of H-pyrrole nitrogens is 1. The Balaban J connectivity index is 1.67. The van der Waals surface area contributed by atoms with Crippen LogP contribution in [-0.2, 0) is 0 Å². The molecule has 20 heavy (non-hydrogen) atoms. The van der Waals surface area contributed by atoms with Gasteiger partial charge in [0.25, 0.3) is 0 Å². The summed E-state index contributed by atoms with van der Waals surface area (Å²) in [6.07, 6.45) is 6.03. The Morgan fingerprint density at radius 1 is 1.40 bits per heavy atom. The second kappa shape index (κ2) is 4.07. The molecule has 0 bridgehead atoms. The third-order valence-corrected chi connectivity index (χ3v) is 3.45. The van der Waals surface area contributed by atoms with Crippen LogP contribution in [0.3, 0.4) is 0 Å². The summed E-state index contributed by atoms with van der Waals surface area (Å²) < 4.78 is 1.94. The maximum Gasteiger partial charge on any atom is 0.231 e. The molecule has 102 valence electrons. The average molecular weight is 291 g/mol. The molecule has 0 aromatic carbocycles. The van der Waals surface area contributed by atoms with Crippen molar-refractivity contribution in [2.45, 2.75) is 18.9 Å². The Bertz CT molecular complexity index is 787. The first-order valence-corrected chi connectivity index (χ1v) is 6.57. The number of nitrogens with two attached hydrogens (primary N) is 1. The van der Waals surface area contributed by atoms with Crippen molar-refractivity contribution in [3.05, 3.63) is 17.5 Å². The molecular weight excluding hydrogens is 280 g/mol. The number of hydrogen-bond donors (Lipinski definition) is 3. The highest BCUT2D eigenvalue weighted by atomic mass is 35.5. The predicted octanol–water partition coefficient (Wildman–Crippen LogP) is 1.86. The van der Waals surface area contributed by atoms with Crippen molar-refractivity contribution in [1.29, 1.82) is 0 Å². The molecule has 4 N–H and O–H groups in total. The second-order valence-corrected chi connectivity index (χ2v) is 5.11. The third-order valence-electron chi connectivity index (χ3n) is 3.18. The zero-order valence-electron chi connectivity index (χ0n) is 10.3. The number of halogens is 1. The number of aromatic amines is 1. The summed E-state index contributed by atoms with van der Waals surface area (Å²) in [5.41, 5.74) is 7.11. The van der Waals surface area contributed by atoms with Crippen LogP contribution in [0.5, 0.6) is 0 Å². The molecule has 0 radical (unpaired) electrons. The van der Waals surface area contributed by atoms with Gasteiger partial charge in [-0.05, 0) is 12.8 Å². The van der Waals surface area contributed by atoms with Crippen LogP contribution in [0.2, 0.25) is 5.15 Å². The Morgan fingerprint density at radius 2 is 2.25 bits per heavy atom. The molecule has 0 spiro atoms. The summed E-state index contributed by atoms with van der Waals surface area (Å²) in [4.78, 5) is 8.43. The van der Waals surface area contributed by atoms with Crippen molar-refractivity contribution in [2.24, 2.45) is 0 Å². The summed E-state index contributed by atoms with van der Waals surface area (Å²) in [6, 6.07) is 0.532. The Hall–Kier alpha value is -2.35. The van der Waals surface area contributed by atoms with Gasteiger partial charge in [-0.3, -0.25) is 9.78 Å². The lowest BCUT2D eigenvalue weighted by molar-refractivity contribution is 0.642. The van der Waals surface area contributed by atoms with Crippen molar-refractivity contribution in [3.63, 3.8) is 0 Å². The molecule has 3 aromatic heterocycles. The van der Waals surface area contributed by atoms with Crippen LogP contribution in [0.4, 0.5) is 17.5 Å². The molecule has 3 heterocycles. The van der Waals surface area contributed by atoms with Gasteiger partial charge in [0.1, 0.15) is 16.4 Å². The van der Waals surface area contributed by atoms with Gasteiger partial charge in [0.15, 0.2) is 5.65 Å². The van der Waals surface area contributed by atoms with Gasteiger partial charge in [-0.2, -0.15) is 20.2 Å². The predicted molar refractivity (Wildman–Crippen MR) is 74.9 cm³/mol. The van der Waals surface area contributed by atoms with E-state index in [2.05, 4.69) is 30.6 Å². The number of anilines is 3. The summed E-state index contributed by atoms with van der Waals surface area (Å²) in [6.45, 7) is 0. The van der Waals surface area contributed by atoms with Crippen molar-refractivity contribution in [2.75, 3.05) is 11.1 Å². The number of nitrogens with one attached hydrogen (secondary N) is 2. The molecule has 3 aromatic rings. The standard InChI is InChI=1S/C11H11ClN8/c12-8-7-9(13)16-11(17-10(7)19-18-8)15-5-3-14-20(4-5)6-1-2-6/h3-4,6H,1-2H2,(H4,13,15,16,17,18,19). The monoisotopic (exact) mass is 290 g/mol. The van der Waals surface area contributed by atoms with Gasteiger partial charge < -0.3 is 11.1 Å². The van der Waals surface area contributed by atoms with Crippen LogP contribution < -0.4 is 11.1 Å². The van der Waals surface area contributed by atoms with E-state index in [-0.39, 0.29) is 5.82 Å². The Kier molecular flexibility index (Phi) is 2.34. The van der Waals surface area contributed by atoms with Crippen LogP contribution in [-0.4, -0.2) is 29.9 Å². The molecular formula is C11H11ClN8. The van der Waals surface area contributed by atoms with Gasteiger partial charge in [0, 0.05) is 6.20 Å². The lowest BCUT2D eigenvalue weighted by Gasteiger charge is -2.03. The van der Waals surface area contributed by atoms with Crippen molar-refractivity contribution < 1.29 is 0 Å². The van der Waals surface area contributed by atoms with Gasteiger partial charge >= 0.3 is 0 Å². The Morgan fingerprint density at radius 3 is 3.05 bits per heavy atom. The molecule has 1 aliphatic carbocycles. The molecule has 1 fully saturated rings.